The normalized spacial score (nSPS) is 11.0. The highest BCUT2D eigenvalue weighted by Gasteiger charge is 2.15. The monoisotopic (exact) mass is 358 g/mol. The van der Waals surface area contributed by atoms with Crippen molar-refractivity contribution in [2.24, 2.45) is 0 Å². The van der Waals surface area contributed by atoms with Crippen molar-refractivity contribution in [2.45, 2.75) is 20.0 Å². The Balaban J connectivity index is 1.66. The van der Waals surface area contributed by atoms with Crippen molar-refractivity contribution in [3.63, 3.8) is 0 Å². The summed E-state index contributed by atoms with van der Waals surface area (Å²) < 4.78 is 10.8. The van der Waals surface area contributed by atoms with Gasteiger partial charge in [-0.15, -0.1) is 0 Å². The average molecular weight is 359 g/mol. The highest BCUT2D eigenvalue weighted by atomic mass is 35.5. The van der Waals surface area contributed by atoms with Crippen molar-refractivity contribution in [3.8, 4) is 0 Å². The number of nitrogens with zero attached hydrogens (tertiary/aromatic N) is 1. The van der Waals surface area contributed by atoms with E-state index in [0.29, 0.717) is 23.8 Å². The van der Waals surface area contributed by atoms with Gasteiger partial charge >= 0.3 is 0 Å². The molecule has 0 unspecified atom stereocenters. The summed E-state index contributed by atoms with van der Waals surface area (Å²) in [6, 6.07) is 12.9. The fraction of sp³-hybridized carbons (Fsp3) is 0.211. The molecule has 0 aliphatic heterocycles. The fourth-order valence-electron chi connectivity index (χ4n) is 2.53. The Labute approximate surface area is 151 Å². The zero-order valence-electron chi connectivity index (χ0n) is 13.9. The van der Waals surface area contributed by atoms with Gasteiger partial charge in [-0.2, -0.15) is 0 Å². The first-order chi connectivity index (χ1) is 12.1. The van der Waals surface area contributed by atoms with Crippen LogP contribution >= 0.6 is 11.6 Å². The molecule has 1 amide bonds. The maximum absolute atomic E-state index is 12.4. The summed E-state index contributed by atoms with van der Waals surface area (Å²) in [6.07, 6.45) is 3.24. The number of halogens is 1. The summed E-state index contributed by atoms with van der Waals surface area (Å²) in [6.45, 7) is 3.14. The first kappa shape index (κ1) is 17.3. The Morgan fingerprint density at radius 1 is 1.08 bits per heavy atom. The first-order valence-electron chi connectivity index (χ1n) is 7.93. The third kappa shape index (κ3) is 4.98. The molecule has 0 saturated heterocycles. The molecule has 5 nitrogen and oxygen atoms in total. The molecule has 25 heavy (non-hydrogen) atoms. The number of nitrogens with one attached hydrogen (secondary N) is 1. The maximum Gasteiger partial charge on any atom is 0.238 e. The molecule has 2 aromatic heterocycles. The Bertz CT molecular complexity index is 777. The predicted molar refractivity (Wildman–Crippen MR) is 96.3 cm³/mol. The number of anilines is 1. The van der Waals surface area contributed by atoms with Crippen molar-refractivity contribution < 1.29 is 13.6 Å². The van der Waals surface area contributed by atoms with E-state index in [1.807, 2.05) is 48.2 Å². The minimum absolute atomic E-state index is 0.149. The predicted octanol–water partition coefficient (Wildman–Crippen LogP) is 4.48. The third-order valence-electron chi connectivity index (χ3n) is 3.68. The number of amides is 1. The van der Waals surface area contributed by atoms with Crippen molar-refractivity contribution in [1.82, 2.24) is 4.90 Å². The van der Waals surface area contributed by atoms with Gasteiger partial charge in [0.1, 0.15) is 11.5 Å². The second-order valence-electron chi connectivity index (χ2n) is 5.84. The molecule has 1 N–H and O–H groups in total. The van der Waals surface area contributed by atoms with Crippen molar-refractivity contribution in [1.29, 1.82) is 0 Å². The van der Waals surface area contributed by atoms with Crippen LogP contribution in [0.1, 0.15) is 17.1 Å². The summed E-state index contributed by atoms with van der Waals surface area (Å²) in [5.41, 5.74) is 1.65. The Hall–Kier alpha value is -2.50. The Kier molecular flexibility index (Phi) is 5.58. The molecular weight excluding hydrogens is 340 g/mol. The molecule has 0 saturated carbocycles. The average Bonchev–Trinajstić information content (AvgIpc) is 3.24. The third-order valence-corrected chi connectivity index (χ3v) is 4.00. The van der Waals surface area contributed by atoms with Gasteiger partial charge in [0.2, 0.25) is 5.91 Å². The van der Waals surface area contributed by atoms with Crippen LogP contribution in [-0.4, -0.2) is 17.4 Å². The van der Waals surface area contributed by atoms with Crippen LogP contribution in [0.2, 0.25) is 5.02 Å². The van der Waals surface area contributed by atoms with Crippen LogP contribution in [0, 0.1) is 6.92 Å². The fourth-order valence-corrected chi connectivity index (χ4v) is 2.81. The maximum atomic E-state index is 12.4. The molecule has 1 aromatic carbocycles. The highest BCUT2D eigenvalue weighted by Crippen LogP contribution is 2.22. The van der Waals surface area contributed by atoms with Crippen LogP contribution in [-0.2, 0) is 17.9 Å². The van der Waals surface area contributed by atoms with Gasteiger partial charge < -0.3 is 14.2 Å². The van der Waals surface area contributed by atoms with Crippen LogP contribution in [0.5, 0.6) is 0 Å². The molecular formula is C19H19ClN2O3. The van der Waals surface area contributed by atoms with E-state index in [2.05, 4.69) is 5.32 Å². The molecule has 130 valence electrons. The van der Waals surface area contributed by atoms with Gasteiger partial charge in [0, 0.05) is 0 Å². The molecule has 3 aromatic rings. The van der Waals surface area contributed by atoms with Gasteiger partial charge in [-0.25, -0.2) is 0 Å². The Morgan fingerprint density at radius 3 is 2.24 bits per heavy atom. The quantitative estimate of drug-likeness (QED) is 0.676. The lowest BCUT2D eigenvalue weighted by atomic mass is 10.2. The molecule has 0 aliphatic carbocycles. The minimum Gasteiger partial charge on any atom is -0.468 e. The van der Waals surface area contributed by atoms with E-state index in [0.717, 1.165) is 17.1 Å². The lowest BCUT2D eigenvalue weighted by molar-refractivity contribution is -0.117. The molecule has 6 heteroatoms. The lowest BCUT2D eigenvalue weighted by Crippen LogP contribution is -2.32. The molecule has 2 heterocycles. The van der Waals surface area contributed by atoms with Crippen LogP contribution in [0.4, 0.5) is 5.69 Å². The number of carbonyl (C=O) groups excluding carboxylic acids is 1. The number of hydrogen-bond acceptors (Lipinski definition) is 4. The second-order valence-corrected chi connectivity index (χ2v) is 6.24. The van der Waals surface area contributed by atoms with Gasteiger partial charge in [-0.1, -0.05) is 17.7 Å². The smallest absolute Gasteiger partial charge is 0.238 e. The minimum atomic E-state index is -0.149. The topological polar surface area (TPSA) is 58.6 Å². The first-order valence-corrected chi connectivity index (χ1v) is 8.31. The molecule has 0 spiro atoms. The van der Waals surface area contributed by atoms with Gasteiger partial charge in [-0.05, 0) is 48.9 Å². The van der Waals surface area contributed by atoms with E-state index in [4.69, 9.17) is 20.4 Å². The van der Waals surface area contributed by atoms with Crippen molar-refractivity contribution in [2.75, 3.05) is 11.9 Å². The van der Waals surface area contributed by atoms with Crippen molar-refractivity contribution in [3.05, 3.63) is 77.1 Å². The zero-order chi connectivity index (χ0) is 17.6. The zero-order valence-corrected chi connectivity index (χ0v) is 14.6. The van der Waals surface area contributed by atoms with E-state index in [9.17, 15) is 4.79 Å². The summed E-state index contributed by atoms with van der Waals surface area (Å²) in [7, 11) is 0. The van der Waals surface area contributed by atoms with E-state index in [-0.39, 0.29) is 12.5 Å². The van der Waals surface area contributed by atoms with Crippen LogP contribution in [0.25, 0.3) is 0 Å². The summed E-state index contributed by atoms with van der Waals surface area (Å²) in [5, 5.41) is 3.38. The number of furan rings is 2. The van der Waals surface area contributed by atoms with Crippen LogP contribution < -0.4 is 5.32 Å². The second kappa shape index (κ2) is 8.05. The summed E-state index contributed by atoms with van der Waals surface area (Å²) in [4.78, 5) is 14.4. The van der Waals surface area contributed by atoms with E-state index >= 15 is 0 Å². The van der Waals surface area contributed by atoms with Gasteiger partial charge in [0.05, 0.1) is 42.9 Å². The lowest BCUT2D eigenvalue weighted by Gasteiger charge is -2.20. The van der Waals surface area contributed by atoms with E-state index in [1.165, 1.54) is 0 Å². The van der Waals surface area contributed by atoms with Crippen LogP contribution in [0.15, 0.2) is 63.8 Å². The van der Waals surface area contributed by atoms with Gasteiger partial charge in [0.15, 0.2) is 0 Å². The SMILES string of the molecule is Cc1ccc(NC(=O)CN(Cc2ccco2)Cc2ccco2)c(Cl)c1. The highest BCUT2D eigenvalue weighted by molar-refractivity contribution is 6.33. The molecule has 0 bridgehead atoms. The van der Waals surface area contributed by atoms with E-state index < -0.39 is 0 Å². The molecule has 0 atom stereocenters. The van der Waals surface area contributed by atoms with E-state index in [1.54, 1.807) is 18.6 Å². The number of hydrogen-bond donors (Lipinski definition) is 1. The van der Waals surface area contributed by atoms with Gasteiger partial charge in [-0.3, -0.25) is 9.69 Å². The van der Waals surface area contributed by atoms with Gasteiger partial charge in [0.25, 0.3) is 0 Å². The molecule has 3 rings (SSSR count). The summed E-state index contributed by atoms with van der Waals surface area (Å²) in [5.74, 6) is 1.42. The number of aryl methyl sites for hydroxylation is 1. The largest absolute Gasteiger partial charge is 0.468 e. The number of carbonyl (C=O) groups is 1. The molecule has 0 aliphatic rings. The standard InChI is InChI=1S/C19H19ClN2O3/c1-14-6-7-18(17(20)10-14)21-19(23)13-22(11-15-4-2-8-24-15)12-16-5-3-9-25-16/h2-10H,11-13H2,1H3,(H,21,23). The molecule has 0 radical (unpaired) electrons. The van der Waals surface area contributed by atoms with Crippen molar-refractivity contribution >= 4 is 23.2 Å². The summed E-state index contributed by atoms with van der Waals surface area (Å²) >= 11 is 6.18. The number of rotatable bonds is 7. The van der Waals surface area contributed by atoms with Crippen LogP contribution in [0.3, 0.4) is 0 Å². The Morgan fingerprint density at radius 2 is 1.72 bits per heavy atom. The number of benzene rings is 1. The molecule has 0 fully saturated rings.